The van der Waals surface area contributed by atoms with Gasteiger partial charge >= 0.3 is 0 Å². The van der Waals surface area contributed by atoms with Crippen molar-refractivity contribution >= 4 is 11.6 Å². The first-order valence-corrected chi connectivity index (χ1v) is 6.95. The number of halogens is 1. The van der Waals surface area contributed by atoms with Gasteiger partial charge < -0.3 is 5.73 Å². The van der Waals surface area contributed by atoms with Gasteiger partial charge in [-0.1, -0.05) is 31.5 Å². The van der Waals surface area contributed by atoms with E-state index in [1.807, 2.05) is 29.1 Å². The van der Waals surface area contributed by atoms with Crippen LogP contribution in [0.4, 0.5) is 0 Å². The zero-order valence-electron chi connectivity index (χ0n) is 11.7. The lowest BCUT2D eigenvalue weighted by Crippen LogP contribution is -2.09. The third-order valence-electron chi connectivity index (χ3n) is 3.25. The summed E-state index contributed by atoms with van der Waals surface area (Å²) in [5.74, 6) is 0.391. The Kier molecular flexibility index (Phi) is 4.27. The van der Waals surface area contributed by atoms with Gasteiger partial charge in [0.05, 0.1) is 17.6 Å². The van der Waals surface area contributed by atoms with Gasteiger partial charge in [0, 0.05) is 5.02 Å². The van der Waals surface area contributed by atoms with Crippen LogP contribution in [0.25, 0.3) is 5.69 Å². The van der Waals surface area contributed by atoms with Crippen LogP contribution in [0.1, 0.15) is 36.6 Å². The van der Waals surface area contributed by atoms with Crippen LogP contribution < -0.4 is 5.73 Å². The predicted octanol–water partition coefficient (Wildman–Crippen LogP) is 3.46. The number of hydrogen-bond donors (Lipinski definition) is 1. The van der Waals surface area contributed by atoms with Crippen LogP contribution >= 0.6 is 11.6 Å². The van der Waals surface area contributed by atoms with E-state index in [1.54, 1.807) is 0 Å². The van der Waals surface area contributed by atoms with Crippen LogP contribution in [0, 0.1) is 6.92 Å². The first kappa shape index (κ1) is 14.1. The van der Waals surface area contributed by atoms with Crippen molar-refractivity contribution in [2.24, 2.45) is 5.73 Å². The average Bonchev–Trinajstić information content (AvgIpc) is 2.76. The molecular weight excluding hydrogens is 258 g/mol. The summed E-state index contributed by atoms with van der Waals surface area (Å²) >= 11 is 6.11. The predicted molar refractivity (Wildman–Crippen MR) is 80.2 cm³/mol. The van der Waals surface area contributed by atoms with Gasteiger partial charge in [-0.25, -0.2) is 4.68 Å². The minimum Gasteiger partial charge on any atom is -0.330 e. The van der Waals surface area contributed by atoms with E-state index in [4.69, 9.17) is 17.3 Å². The summed E-state index contributed by atoms with van der Waals surface area (Å²) in [6, 6.07) is 5.88. The third-order valence-corrected chi connectivity index (χ3v) is 3.48. The molecule has 2 aromatic rings. The first-order chi connectivity index (χ1) is 9.04. The second-order valence-electron chi connectivity index (χ2n) is 5.09. The Morgan fingerprint density at radius 1 is 1.37 bits per heavy atom. The number of nitrogens with two attached hydrogens (primary N) is 1. The van der Waals surface area contributed by atoms with Gasteiger partial charge in [-0.3, -0.25) is 0 Å². The molecule has 0 saturated heterocycles. The maximum Gasteiger partial charge on any atom is 0.0692 e. The molecule has 0 bridgehead atoms. The second-order valence-corrected chi connectivity index (χ2v) is 5.53. The fourth-order valence-electron chi connectivity index (χ4n) is 2.36. The zero-order chi connectivity index (χ0) is 14.0. The van der Waals surface area contributed by atoms with Crippen LogP contribution in [0.5, 0.6) is 0 Å². The van der Waals surface area contributed by atoms with Gasteiger partial charge in [0.15, 0.2) is 0 Å². The molecule has 2 N–H and O–H groups in total. The van der Waals surface area contributed by atoms with Gasteiger partial charge in [-0.15, -0.1) is 0 Å². The normalized spacial score (nSPS) is 11.3. The summed E-state index contributed by atoms with van der Waals surface area (Å²) in [4.78, 5) is 0. The summed E-state index contributed by atoms with van der Waals surface area (Å²) in [6.45, 7) is 7.06. The van der Waals surface area contributed by atoms with Gasteiger partial charge in [-0.05, 0) is 49.1 Å². The van der Waals surface area contributed by atoms with E-state index in [0.717, 1.165) is 22.7 Å². The SMILES string of the molecule is Cc1ccc(Cl)cc1-n1ncc(CCN)c1C(C)C. The number of aromatic nitrogens is 2. The lowest BCUT2D eigenvalue weighted by Gasteiger charge is -2.14. The number of benzene rings is 1. The van der Waals surface area contributed by atoms with Crippen molar-refractivity contribution in [1.82, 2.24) is 9.78 Å². The highest BCUT2D eigenvalue weighted by molar-refractivity contribution is 6.30. The van der Waals surface area contributed by atoms with Crippen LogP contribution in [0.15, 0.2) is 24.4 Å². The molecule has 0 radical (unpaired) electrons. The lowest BCUT2D eigenvalue weighted by molar-refractivity contribution is 0.721. The Balaban J connectivity index is 2.58. The standard InChI is InChI=1S/C15H20ClN3/c1-10(2)15-12(6-7-17)9-18-19(15)14-8-13(16)5-4-11(14)3/h4-5,8-10H,6-7,17H2,1-3H3. The molecule has 1 heterocycles. The van der Waals surface area contributed by atoms with Gasteiger partial charge in [0.2, 0.25) is 0 Å². The third kappa shape index (κ3) is 2.82. The lowest BCUT2D eigenvalue weighted by atomic mass is 10.0. The molecule has 0 spiro atoms. The van der Waals surface area contributed by atoms with Gasteiger partial charge in [-0.2, -0.15) is 5.10 Å². The molecule has 0 aliphatic rings. The Morgan fingerprint density at radius 3 is 2.74 bits per heavy atom. The van der Waals surface area contributed by atoms with E-state index in [2.05, 4.69) is 25.9 Å². The Hall–Kier alpha value is -1.32. The summed E-state index contributed by atoms with van der Waals surface area (Å²) < 4.78 is 2.00. The van der Waals surface area contributed by atoms with Crippen molar-refractivity contribution in [2.75, 3.05) is 6.54 Å². The molecule has 0 fully saturated rings. The Morgan fingerprint density at radius 2 is 2.11 bits per heavy atom. The van der Waals surface area contributed by atoms with Crippen molar-refractivity contribution < 1.29 is 0 Å². The molecular formula is C15H20ClN3. The molecule has 19 heavy (non-hydrogen) atoms. The summed E-state index contributed by atoms with van der Waals surface area (Å²) in [5, 5.41) is 5.26. The minimum atomic E-state index is 0.391. The minimum absolute atomic E-state index is 0.391. The van der Waals surface area contributed by atoms with E-state index in [0.29, 0.717) is 12.5 Å². The van der Waals surface area contributed by atoms with E-state index >= 15 is 0 Å². The number of aryl methyl sites for hydroxylation is 1. The zero-order valence-corrected chi connectivity index (χ0v) is 12.4. The maximum absolute atomic E-state index is 6.11. The smallest absolute Gasteiger partial charge is 0.0692 e. The molecule has 4 heteroatoms. The number of hydrogen-bond acceptors (Lipinski definition) is 2. The highest BCUT2D eigenvalue weighted by atomic mass is 35.5. The van der Waals surface area contributed by atoms with Crippen LogP contribution in [-0.4, -0.2) is 16.3 Å². The molecule has 1 aromatic heterocycles. The monoisotopic (exact) mass is 277 g/mol. The van der Waals surface area contributed by atoms with Crippen molar-refractivity contribution in [3.05, 3.63) is 46.2 Å². The van der Waals surface area contributed by atoms with Crippen molar-refractivity contribution in [3.8, 4) is 5.69 Å². The fraction of sp³-hybridized carbons (Fsp3) is 0.400. The molecule has 0 atom stereocenters. The van der Waals surface area contributed by atoms with Crippen LogP contribution in [0.3, 0.4) is 0 Å². The largest absolute Gasteiger partial charge is 0.330 e. The topological polar surface area (TPSA) is 43.8 Å². The van der Waals surface area contributed by atoms with Crippen molar-refractivity contribution in [3.63, 3.8) is 0 Å². The number of nitrogens with zero attached hydrogens (tertiary/aromatic N) is 2. The average molecular weight is 278 g/mol. The molecule has 3 nitrogen and oxygen atoms in total. The van der Waals surface area contributed by atoms with E-state index in [1.165, 1.54) is 11.3 Å². The Labute approximate surface area is 119 Å². The second kappa shape index (κ2) is 5.76. The summed E-state index contributed by atoms with van der Waals surface area (Å²) in [5.41, 5.74) is 10.3. The molecule has 102 valence electrons. The summed E-state index contributed by atoms with van der Waals surface area (Å²) in [6.07, 6.45) is 2.77. The van der Waals surface area contributed by atoms with Crippen molar-refractivity contribution in [1.29, 1.82) is 0 Å². The van der Waals surface area contributed by atoms with Crippen molar-refractivity contribution in [2.45, 2.75) is 33.1 Å². The molecule has 2 rings (SSSR count). The number of rotatable bonds is 4. The molecule has 0 amide bonds. The maximum atomic E-state index is 6.11. The first-order valence-electron chi connectivity index (χ1n) is 6.58. The van der Waals surface area contributed by atoms with Gasteiger partial charge in [0.1, 0.15) is 0 Å². The highest BCUT2D eigenvalue weighted by Gasteiger charge is 2.16. The highest BCUT2D eigenvalue weighted by Crippen LogP contribution is 2.26. The van der Waals surface area contributed by atoms with E-state index in [9.17, 15) is 0 Å². The van der Waals surface area contributed by atoms with E-state index in [-0.39, 0.29) is 0 Å². The molecule has 0 aliphatic heterocycles. The van der Waals surface area contributed by atoms with E-state index < -0.39 is 0 Å². The van der Waals surface area contributed by atoms with Gasteiger partial charge in [0.25, 0.3) is 0 Å². The molecule has 0 aliphatic carbocycles. The molecule has 1 aromatic carbocycles. The fourth-order valence-corrected chi connectivity index (χ4v) is 2.52. The molecule has 0 unspecified atom stereocenters. The summed E-state index contributed by atoms with van der Waals surface area (Å²) in [7, 11) is 0. The quantitative estimate of drug-likeness (QED) is 0.930. The van der Waals surface area contributed by atoms with Crippen LogP contribution in [0.2, 0.25) is 5.02 Å². The molecule has 0 saturated carbocycles. The van der Waals surface area contributed by atoms with Crippen LogP contribution in [-0.2, 0) is 6.42 Å². The Bertz CT molecular complexity index is 573.